The first kappa shape index (κ1) is 16.1. The lowest BCUT2D eigenvalue weighted by molar-refractivity contribution is -0.130. The molecule has 110 valence electrons. The molecule has 0 heterocycles. The molecule has 0 spiro atoms. The summed E-state index contributed by atoms with van der Waals surface area (Å²) in [4.78, 5) is 23.6. The maximum Gasteiger partial charge on any atom is 0.339 e. The number of ether oxygens (including phenoxy) is 1. The zero-order valence-corrected chi connectivity index (χ0v) is 12.4. The second kappa shape index (κ2) is 6.03. The second-order valence-electron chi connectivity index (χ2n) is 5.75. The lowest BCUT2D eigenvalue weighted by Gasteiger charge is -2.23. The SMILES string of the molecule is Cc1ccc(C(=O)OC(C)C(=O)NC(C)(C)C)cc1F. The highest BCUT2D eigenvalue weighted by atomic mass is 19.1. The van der Waals surface area contributed by atoms with Crippen molar-refractivity contribution < 1.29 is 18.7 Å². The van der Waals surface area contributed by atoms with Crippen LogP contribution in [0.3, 0.4) is 0 Å². The van der Waals surface area contributed by atoms with E-state index >= 15 is 0 Å². The summed E-state index contributed by atoms with van der Waals surface area (Å²) in [6.07, 6.45) is -0.939. The van der Waals surface area contributed by atoms with Crippen molar-refractivity contribution in [3.63, 3.8) is 0 Å². The summed E-state index contributed by atoms with van der Waals surface area (Å²) >= 11 is 0. The second-order valence-corrected chi connectivity index (χ2v) is 5.75. The van der Waals surface area contributed by atoms with Gasteiger partial charge in [-0.25, -0.2) is 9.18 Å². The average Bonchev–Trinajstić information content (AvgIpc) is 2.30. The van der Waals surface area contributed by atoms with E-state index in [9.17, 15) is 14.0 Å². The minimum Gasteiger partial charge on any atom is -0.449 e. The quantitative estimate of drug-likeness (QED) is 0.866. The van der Waals surface area contributed by atoms with Crippen LogP contribution < -0.4 is 5.32 Å². The van der Waals surface area contributed by atoms with Gasteiger partial charge in [0, 0.05) is 5.54 Å². The fraction of sp³-hybridized carbons (Fsp3) is 0.467. The van der Waals surface area contributed by atoms with Gasteiger partial charge in [-0.1, -0.05) is 6.07 Å². The highest BCUT2D eigenvalue weighted by molar-refractivity contribution is 5.92. The Balaban J connectivity index is 2.70. The molecule has 1 amide bonds. The molecule has 0 aromatic heterocycles. The zero-order valence-electron chi connectivity index (χ0n) is 12.4. The van der Waals surface area contributed by atoms with Crippen molar-refractivity contribution in [2.45, 2.75) is 46.3 Å². The van der Waals surface area contributed by atoms with Crippen LogP contribution in [-0.2, 0) is 9.53 Å². The van der Waals surface area contributed by atoms with Crippen molar-refractivity contribution in [2.24, 2.45) is 0 Å². The van der Waals surface area contributed by atoms with E-state index in [0.29, 0.717) is 5.56 Å². The fourth-order valence-corrected chi connectivity index (χ4v) is 1.47. The molecule has 0 bridgehead atoms. The smallest absolute Gasteiger partial charge is 0.339 e. The van der Waals surface area contributed by atoms with Gasteiger partial charge in [0.05, 0.1) is 5.56 Å². The molecule has 1 N–H and O–H groups in total. The minimum absolute atomic E-state index is 0.0866. The number of carbonyl (C=O) groups is 2. The molecule has 4 nitrogen and oxygen atoms in total. The summed E-state index contributed by atoms with van der Waals surface area (Å²) in [6, 6.07) is 4.06. The number of rotatable bonds is 3. The molecule has 1 aromatic rings. The third-order valence-electron chi connectivity index (χ3n) is 2.56. The molecule has 1 atom stereocenters. The van der Waals surface area contributed by atoms with Crippen molar-refractivity contribution >= 4 is 11.9 Å². The minimum atomic E-state index is -0.939. The van der Waals surface area contributed by atoms with Gasteiger partial charge in [0.2, 0.25) is 0 Å². The van der Waals surface area contributed by atoms with Gasteiger partial charge in [-0.3, -0.25) is 4.79 Å². The Morgan fingerprint density at radius 1 is 1.30 bits per heavy atom. The molecular formula is C15H20FNO3. The number of hydrogen-bond acceptors (Lipinski definition) is 3. The van der Waals surface area contributed by atoms with Crippen molar-refractivity contribution in [1.29, 1.82) is 0 Å². The Labute approximate surface area is 118 Å². The van der Waals surface area contributed by atoms with Gasteiger partial charge in [0.25, 0.3) is 5.91 Å². The van der Waals surface area contributed by atoms with Crippen LogP contribution in [0.4, 0.5) is 4.39 Å². The van der Waals surface area contributed by atoms with E-state index < -0.39 is 29.3 Å². The number of carbonyl (C=O) groups excluding carboxylic acids is 2. The first-order chi connectivity index (χ1) is 9.10. The molecule has 0 saturated heterocycles. The summed E-state index contributed by atoms with van der Waals surface area (Å²) < 4.78 is 18.4. The van der Waals surface area contributed by atoms with Crippen molar-refractivity contribution in [2.75, 3.05) is 0 Å². The Hall–Kier alpha value is -1.91. The largest absolute Gasteiger partial charge is 0.449 e. The Morgan fingerprint density at radius 2 is 1.90 bits per heavy atom. The average molecular weight is 281 g/mol. The van der Waals surface area contributed by atoms with E-state index in [2.05, 4.69) is 5.32 Å². The summed E-state index contributed by atoms with van der Waals surface area (Å²) in [5.41, 5.74) is 0.122. The molecule has 0 saturated carbocycles. The number of hydrogen-bond donors (Lipinski definition) is 1. The number of aryl methyl sites for hydroxylation is 1. The van der Waals surface area contributed by atoms with Crippen LogP contribution in [0.25, 0.3) is 0 Å². The van der Waals surface area contributed by atoms with Gasteiger partial charge >= 0.3 is 5.97 Å². The summed E-state index contributed by atoms with van der Waals surface area (Å²) in [5, 5.41) is 2.71. The van der Waals surface area contributed by atoms with E-state index in [1.165, 1.54) is 19.1 Å². The molecule has 20 heavy (non-hydrogen) atoms. The van der Waals surface area contributed by atoms with Crippen LogP contribution >= 0.6 is 0 Å². The maximum absolute atomic E-state index is 13.4. The summed E-state index contributed by atoms with van der Waals surface area (Å²) in [5.74, 6) is -1.59. The van der Waals surface area contributed by atoms with Crippen LogP contribution in [0.5, 0.6) is 0 Å². The third-order valence-corrected chi connectivity index (χ3v) is 2.56. The molecule has 0 aliphatic rings. The van der Waals surface area contributed by atoms with Crippen LogP contribution in [-0.4, -0.2) is 23.5 Å². The third kappa shape index (κ3) is 4.64. The molecule has 0 aliphatic carbocycles. The Bertz CT molecular complexity index is 520. The van der Waals surface area contributed by atoms with Gasteiger partial charge in [0.15, 0.2) is 6.10 Å². The van der Waals surface area contributed by atoms with E-state index in [-0.39, 0.29) is 5.56 Å². The van der Waals surface area contributed by atoms with Crippen molar-refractivity contribution in [3.05, 3.63) is 35.1 Å². The molecule has 0 aliphatic heterocycles. The molecule has 1 unspecified atom stereocenters. The monoisotopic (exact) mass is 281 g/mol. The molecule has 0 fully saturated rings. The fourth-order valence-electron chi connectivity index (χ4n) is 1.47. The highest BCUT2D eigenvalue weighted by Gasteiger charge is 2.23. The first-order valence-electron chi connectivity index (χ1n) is 6.39. The van der Waals surface area contributed by atoms with Crippen molar-refractivity contribution in [3.8, 4) is 0 Å². The highest BCUT2D eigenvalue weighted by Crippen LogP contribution is 2.11. The lowest BCUT2D eigenvalue weighted by Crippen LogP contribution is -2.46. The maximum atomic E-state index is 13.4. The van der Waals surface area contributed by atoms with E-state index in [0.717, 1.165) is 6.07 Å². The van der Waals surface area contributed by atoms with Crippen molar-refractivity contribution in [1.82, 2.24) is 5.32 Å². The normalized spacial score (nSPS) is 12.7. The molecule has 0 radical (unpaired) electrons. The lowest BCUT2D eigenvalue weighted by atomic mass is 10.1. The summed E-state index contributed by atoms with van der Waals surface area (Å²) in [6.45, 7) is 8.56. The molecular weight excluding hydrogens is 261 g/mol. The first-order valence-corrected chi connectivity index (χ1v) is 6.39. The Morgan fingerprint density at radius 3 is 2.40 bits per heavy atom. The number of esters is 1. The standard InChI is InChI=1S/C15H20FNO3/c1-9-6-7-11(8-12(9)16)14(19)20-10(2)13(18)17-15(3,4)5/h6-8,10H,1-5H3,(H,17,18). The van der Waals surface area contributed by atoms with Crippen LogP contribution in [0.1, 0.15) is 43.6 Å². The Kier molecular flexibility index (Phi) is 4.87. The van der Waals surface area contributed by atoms with E-state index in [1.807, 2.05) is 20.8 Å². The van der Waals surface area contributed by atoms with Crippen LogP contribution in [0.15, 0.2) is 18.2 Å². The molecule has 5 heteroatoms. The zero-order chi connectivity index (χ0) is 15.5. The topological polar surface area (TPSA) is 55.4 Å². The van der Waals surface area contributed by atoms with Gasteiger partial charge in [0.1, 0.15) is 5.82 Å². The number of halogens is 1. The number of benzene rings is 1. The van der Waals surface area contributed by atoms with Crippen LogP contribution in [0, 0.1) is 12.7 Å². The predicted octanol–water partition coefficient (Wildman–Crippen LogP) is 2.59. The van der Waals surface area contributed by atoms with Gasteiger partial charge in [-0.2, -0.15) is 0 Å². The van der Waals surface area contributed by atoms with E-state index in [4.69, 9.17) is 4.74 Å². The number of amides is 1. The molecule has 1 rings (SSSR count). The van der Waals surface area contributed by atoms with Gasteiger partial charge in [-0.05, 0) is 52.3 Å². The van der Waals surface area contributed by atoms with Gasteiger partial charge in [-0.15, -0.1) is 0 Å². The van der Waals surface area contributed by atoms with E-state index in [1.54, 1.807) is 6.92 Å². The summed E-state index contributed by atoms with van der Waals surface area (Å²) in [7, 11) is 0. The predicted molar refractivity (Wildman–Crippen MR) is 73.9 cm³/mol. The van der Waals surface area contributed by atoms with Crippen LogP contribution in [0.2, 0.25) is 0 Å². The molecule has 1 aromatic carbocycles. The van der Waals surface area contributed by atoms with Gasteiger partial charge < -0.3 is 10.1 Å². The number of nitrogens with one attached hydrogen (secondary N) is 1.